The first-order valence-electron chi connectivity index (χ1n) is 5.91. The fraction of sp³-hybridized carbons (Fsp3) is 0.118. The van der Waals surface area contributed by atoms with Crippen molar-refractivity contribution in [3.8, 4) is 0 Å². The molecule has 0 bridgehead atoms. The zero-order chi connectivity index (χ0) is 14.7. The summed E-state index contributed by atoms with van der Waals surface area (Å²) in [6.07, 6.45) is 6.88. The van der Waals surface area contributed by atoms with E-state index >= 15 is 0 Å². The third-order valence-corrected chi connectivity index (χ3v) is 2.40. The molecule has 19 heavy (non-hydrogen) atoms. The number of carboxylic acids is 1. The fourth-order valence-electron chi connectivity index (χ4n) is 1.15. The van der Waals surface area contributed by atoms with Crippen molar-refractivity contribution in [3.05, 3.63) is 79.4 Å². The average Bonchev–Trinajstić information content (AvgIpc) is 2.45. The summed E-state index contributed by atoms with van der Waals surface area (Å²) < 4.78 is 0. The van der Waals surface area contributed by atoms with Crippen molar-refractivity contribution < 1.29 is 9.90 Å². The largest absolute Gasteiger partial charge is 0.478 e. The Morgan fingerprint density at radius 3 is 2.21 bits per heavy atom. The highest BCUT2D eigenvalue weighted by Gasteiger charge is 2.08. The molecule has 0 saturated heterocycles. The molecular weight excluding hydrogens is 236 g/mol. The Kier molecular flexibility index (Phi) is 8.46. The Morgan fingerprint density at radius 2 is 1.84 bits per heavy atom. The smallest absolute Gasteiger partial charge is 0.331 e. The summed E-state index contributed by atoms with van der Waals surface area (Å²) in [7, 11) is 0. The molecule has 0 aliphatic carbocycles. The summed E-state index contributed by atoms with van der Waals surface area (Å²) in [6.45, 7) is 12.3. The van der Waals surface area contributed by atoms with E-state index in [2.05, 4.69) is 19.7 Å². The van der Waals surface area contributed by atoms with E-state index in [-0.39, 0.29) is 11.5 Å². The maximum Gasteiger partial charge on any atom is 0.331 e. The van der Waals surface area contributed by atoms with E-state index in [1.807, 2.05) is 36.4 Å². The van der Waals surface area contributed by atoms with Gasteiger partial charge >= 0.3 is 5.97 Å². The van der Waals surface area contributed by atoms with Gasteiger partial charge in [0.2, 0.25) is 0 Å². The number of benzene rings is 1. The molecule has 1 aromatic rings. The van der Waals surface area contributed by atoms with Crippen molar-refractivity contribution in [1.82, 2.24) is 0 Å². The van der Waals surface area contributed by atoms with Crippen molar-refractivity contribution in [1.29, 1.82) is 0 Å². The minimum Gasteiger partial charge on any atom is -0.478 e. The van der Waals surface area contributed by atoms with Crippen LogP contribution in [0, 0.1) is 5.92 Å². The number of rotatable bonds is 5. The summed E-state index contributed by atoms with van der Waals surface area (Å²) in [4.78, 5) is 10.3. The molecule has 0 aromatic heterocycles. The molecule has 1 unspecified atom stereocenters. The zero-order valence-corrected chi connectivity index (χ0v) is 11.3. The van der Waals surface area contributed by atoms with Crippen LogP contribution >= 0.6 is 0 Å². The van der Waals surface area contributed by atoms with E-state index in [1.54, 1.807) is 25.2 Å². The van der Waals surface area contributed by atoms with Gasteiger partial charge in [-0.2, -0.15) is 0 Å². The molecular formula is C17H20O2. The summed E-state index contributed by atoms with van der Waals surface area (Å²) >= 11 is 0. The topological polar surface area (TPSA) is 37.3 Å². The van der Waals surface area contributed by atoms with E-state index in [0.717, 1.165) is 0 Å². The van der Waals surface area contributed by atoms with Crippen LogP contribution in [-0.2, 0) is 4.79 Å². The van der Waals surface area contributed by atoms with Crippen molar-refractivity contribution in [3.63, 3.8) is 0 Å². The monoisotopic (exact) mass is 256 g/mol. The second-order valence-corrected chi connectivity index (χ2v) is 3.85. The third-order valence-electron chi connectivity index (χ3n) is 2.40. The number of carboxylic acid groups (broad SMARTS) is 1. The summed E-state index contributed by atoms with van der Waals surface area (Å²) in [6, 6.07) is 10.0. The van der Waals surface area contributed by atoms with Crippen LogP contribution < -0.4 is 0 Å². The number of hydrogen-bond acceptors (Lipinski definition) is 1. The molecule has 1 rings (SSSR count). The molecule has 0 aliphatic rings. The first kappa shape index (κ1) is 16.7. The Hall–Kier alpha value is -2.35. The van der Waals surface area contributed by atoms with Gasteiger partial charge in [-0.1, -0.05) is 81.3 Å². The molecule has 0 heterocycles. The molecule has 1 atom stereocenters. The molecule has 1 aromatic carbocycles. The Bertz CT molecular complexity index is 455. The number of carbonyl (C=O) groups is 1. The van der Waals surface area contributed by atoms with Gasteiger partial charge in [0.25, 0.3) is 0 Å². The minimum atomic E-state index is -0.953. The lowest BCUT2D eigenvalue weighted by atomic mass is 10.0. The Labute approximate surface area is 115 Å². The SMILES string of the molecule is C=CC=CC(C)C(=C)C(=O)O.C=Cc1ccccc1. The summed E-state index contributed by atoms with van der Waals surface area (Å²) in [5, 5.41) is 8.49. The predicted octanol–water partition coefficient (Wildman–Crippen LogP) is 4.34. The number of hydrogen-bond donors (Lipinski definition) is 1. The van der Waals surface area contributed by atoms with Crippen molar-refractivity contribution in [2.75, 3.05) is 0 Å². The van der Waals surface area contributed by atoms with Gasteiger partial charge in [-0.25, -0.2) is 4.79 Å². The third kappa shape index (κ3) is 7.55. The van der Waals surface area contributed by atoms with Gasteiger partial charge in [-0.15, -0.1) is 0 Å². The Morgan fingerprint density at radius 1 is 1.26 bits per heavy atom. The van der Waals surface area contributed by atoms with Crippen LogP contribution in [0.15, 0.2) is 73.9 Å². The number of aliphatic carboxylic acids is 1. The second kappa shape index (κ2) is 9.66. The fourth-order valence-corrected chi connectivity index (χ4v) is 1.15. The lowest BCUT2D eigenvalue weighted by Crippen LogP contribution is -2.05. The quantitative estimate of drug-likeness (QED) is 0.628. The average molecular weight is 256 g/mol. The van der Waals surface area contributed by atoms with Crippen LogP contribution in [0.4, 0.5) is 0 Å². The maximum atomic E-state index is 10.3. The maximum absolute atomic E-state index is 10.3. The van der Waals surface area contributed by atoms with Gasteiger partial charge in [0.1, 0.15) is 0 Å². The Balaban J connectivity index is 0.000000356. The molecule has 0 amide bonds. The highest BCUT2D eigenvalue weighted by molar-refractivity contribution is 5.86. The second-order valence-electron chi connectivity index (χ2n) is 3.85. The van der Waals surface area contributed by atoms with E-state index in [0.29, 0.717) is 0 Å². The van der Waals surface area contributed by atoms with Gasteiger partial charge in [0.05, 0.1) is 0 Å². The van der Waals surface area contributed by atoms with Crippen LogP contribution in [-0.4, -0.2) is 11.1 Å². The standard InChI is InChI=1S/C9H12O2.C8H8/c1-4-5-6-7(2)8(3)9(10)11;1-2-8-6-4-3-5-7-8/h4-7H,1,3H2,2H3,(H,10,11);2-7H,1H2. The van der Waals surface area contributed by atoms with Crippen LogP contribution in [0.1, 0.15) is 12.5 Å². The molecule has 0 saturated carbocycles. The van der Waals surface area contributed by atoms with E-state index in [4.69, 9.17) is 5.11 Å². The van der Waals surface area contributed by atoms with Crippen LogP contribution in [0.3, 0.4) is 0 Å². The molecule has 2 nitrogen and oxygen atoms in total. The van der Waals surface area contributed by atoms with Crippen molar-refractivity contribution in [2.45, 2.75) is 6.92 Å². The van der Waals surface area contributed by atoms with Crippen LogP contribution in [0.5, 0.6) is 0 Å². The molecule has 0 aliphatic heterocycles. The first-order chi connectivity index (χ1) is 9.02. The zero-order valence-electron chi connectivity index (χ0n) is 11.3. The van der Waals surface area contributed by atoms with E-state index in [1.165, 1.54) is 5.56 Å². The summed E-state index contributed by atoms with van der Waals surface area (Å²) in [5.74, 6) is -1.09. The minimum absolute atomic E-state index is 0.134. The molecule has 1 N–H and O–H groups in total. The molecule has 0 fully saturated rings. The van der Waals surface area contributed by atoms with Gasteiger partial charge in [-0.3, -0.25) is 0 Å². The van der Waals surface area contributed by atoms with Crippen LogP contribution in [0.2, 0.25) is 0 Å². The molecule has 100 valence electrons. The van der Waals surface area contributed by atoms with E-state index < -0.39 is 5.97 Å². The van der Waals surface area contributed by atoms with Crippen LogP contribution in [0.25, 0.3) is 6.08 Å². The normalized spacial score (nSPS) is 11.0. The predicted molar refractivity (Wildman–Crippen MR) is 81.8 cm³/mol. The lowest BCUT2D eigenvalue weighted by molar-refractivity contribution is -0.133. The van der Waals surface area contributed by atoms with E-state index in [9.17, 15) is 4.79 Å². The highest BCUT2D eigenvalue weighted by Crippen LogP contribution is 2.09. The van der Waals surface area contributed by atoms with Gasteiger partial charge in [0.15, 0.2) is 0 Å². The molecule has 0 spiro atoms. The van der Waals surface area contributed by atoms with Gasteiger partial charge in [0, 0.05) is 11.5 Å². The van der Waals surface area contributed by atoms with Gasteiger partial charge < -0.3 is 5.11 Å². The molecule has 0 radical (unpaired) electrons. The first-order valence-corrected chi connectivity index (χ1v) is 5.91. The summed E-state index contributed by atoms with van der Waals surface area (Å²) in [5.41, 5.74) is 1.37. The lowest BCUT2D eigenvalue weighted by Gasteiger charge is -2.03. The van der Waals surface area contributed by atoms with Crippen molar-refractivity contribution >= 4 is 12.0 Å². The van der Waals surface area contributed by atoms with Gasteiger partial charge in [-0.05, 0) is 5.56 Å². The molecule has 2 heteroatoms. The number of allylic oxidation sites excluding steroid dienone is 3. The highest BCUT2D eigenvalue weighted by atomic mass is 16.4. The van der Waals surface area contributed by atoms with Crippen molar-refractivity contribution in [2.24, 2.45) is 5.92 Å².